The van der Waals surface area contributed by atoms with Crippen LogP contribution in [0.5, 0.6) is 0 Å². The summed E-state index contributed by atoms with van der Waals surface area (Å²) < 4.78 is 1.52. The molecule has 0 saturated carbocycles. The number of hydrogen-bond donors (Lipinski definition) is 1. The highest BCUT2D eigenvalue weighted by molar-refractivity contribution is 5.81. The van der Waals surface area contributed by atoms with Crippen LogP contribution in [0, 0.1) is 0 Å². The third-order valence-corrected chi connectivity index (χ3v) is 6.60. The Bertz CT molecular complexity index is 1220. The zero-order valence-corrected chi connectivity index (χ0v) is 19.8. The van der Waals surface area contributed by atoms with Gasteiger partial charge in [0.25, 0.3) is 0 Å². The Balaban J connectivity index is 1.28. The van der Waals surface area contributed by atoms with Crippen molar-refractivity contribution in [1.29, 1.82) is 0 Å². The van der Waals surface area contributed by atoms with Gasteiger partial charge in [-0.1, -0.05) is 78.9 Å². The molecule has 2 heterocycles. The number of carbonyl (C=O) groups excluding carboxylic acids is 1. The number of carbonyl (C=O) groups is 1. The normalized spacial score (nSPS) is 14.6. The third kappa shape index (κ3) is 5.81. The first-order chi connectivity index (χ1) is 17.3. The molecule has 0 radical (unpaired) electrons. The SMILES string of the molecule is O=C(NCc1ccccc1-c1ccc(CN2CCCC2)cc1)[C@H](Cc1ccccc1)n1cnnn1. The van der Waals surface area contributed by atoms with Gasteiger partial charge in [-0.2, -0.15) is 0 Å². The zero-order chi connectivity index (χ0) is 23.9. The van der Waals surface area contributed by atoms with Crippen LogP contribution in [0.1, 0.15) is 35.6 Å². The van der Waals surface area contributed by atoms with E-state index in [1.165, 1.54) is 42.5 Å². The highest BCUT2D eigenvalue weighted by atomic mass is 16.2. The van der Waals surface area contributed by atoms with Gasteiger partial charge >= 0.3 is 0 Å². The van der Waals surface area contributed by atoms with Crippen molar-refractivity contribution < 1.29 is 4.79 Å². The van der Waals surface area contributed by atoms with E-state index in [2.05, 4.69) is 62.1 Å². The molecule has 7 nitrogen and oxygen atoms in total. The number of rotatable bonds is 9. The van der Waals surface area contributed by atoms with Gasteiger partial charge in [0.2, 0.25) is 5.91 Å². The summed E-state index contributed by atoms with van der Waals surface area (Å²) in [5, 5.41) is 14.6. The number of benzene rings is 3. The Morgan fingerprint density at radius 2 is 1.63 bits per heavy atom. The van der Waals surface area contributed by atoms with Crippen LogP contribution in [0.15, 0.2) is 85.2 Å². The Labute approximate surface area is 205 Å². The minimum atomic E-state index is -0.524. The van der Waals surface area contributed by atoms with Crippen LogP contribution >= 0.6 is 0 Å². The molecule has 1 atom stereocenters. The molecule has 0 spiro atoms. The van der Waals surface area contributed by atoms with Crippen LogP contribution in [-0.4, -0.2) is 44.1 Å². The molecular formula is C28H30N6O. The second-order valence-corrected chi connectivity index (χ2v) is 9.05. The van der Waals surface area contributed by atoms with Crippen LogP contribution in [0.2, 0.25) is 0 Å². The number of nitrogens with zero attached hydrogens (tertiary/aromatic N) is 5. The Morgan fingerprint density at radius 1 is 0.886 bits per heavy atom. The summed E-state index contributed by atoms with van der Waals surface area (Å²) in [5.41, 5.74) is 5.75. The Hall–Kier alpha value is -3.84. The Morgan fingerprint density at radius 3 is 2.37 bits per heavy atom. The first kappa shape index (κ1) is 22.9. The number of aromatic nitrogens is 4. The summed E-state index contributed by atoms with van der Waals surface area (Å²) in [6.45, 7) is 3.83. The predicted octanol–water partition coefficient (Wildman–Crippen LogP) is 4.04. The molecule has 5 rings (SSSR count). The molecule has 1 N–H and O–H groups in total. The van der Waals surface area contributed by atoms with Gasteiger partial charge in [-0.05, 0) is 64.2 Å². The van der Waals surface area contributed by atoms with Gasteiger partial charge in [-0.25, -0.2) is 4.68 Å². The van der Waals surface area contributed by atoms with E-state index in [4.69, 9.17) is 0 Å². The van der Waals surface area contributed by atoms with Crippen molar-refractivity contribution >= 4 is 5.91 Å². The number of nitrogens with one attached hydrogen (secondary N) is 1. The van der Waals surface area contributed by atoms with Gasteiger partial charge < -0.3 is 5.32 Å². The van der Waals surface area contributed by atoms with E-state index in [9.17, 15) is 4.79 Å². The fourth-order valence-electron chi connectivity index (χ4n) is 4.70. The summed E-state index contributed by atoms with van der Waals surface area (Å²) >= 11 is 0. The average molecular weight is 467 g/mol. The zero-order valence-electron chi connectivity index (χ0n) is 19.8. The van der Waals surface area contributed by atoms with Crippen LogP contribution in [-0.2, 0) is 24.3 Å². The van der Waals surface area contributed by atoms with Gasteiger partial charge in [0.1, 0.15) is 12.4 Å². The van der Waals surface area contributed by atoms with Crippen molar-refractivity contribution in [3.05, 3.63) is 102 Å². The van der Waals surface area contributed by atoms with E-state index < -0.39 is 6.04 Å². The number of tetrazole rings is 1. The smallest absolute Gasteiger partial charge is 0.245 e. The largest absolute Gasteiger partial charge is 0.350 e. The number of amides is 1. The molecule has 0 bridgehead atoms. The lowest BCUT2D eigenvalue weighted by molar-refractivity contribution is -0.124. The quantitative estimate of drug-likeness (QED) is 0.403. The molecule has 1 aliphatic rings. The van der Waals surface area contributed by atoms with Gasteiger partial charge in [-0.3, -0.25) is 9.69 Å². The molecule has 178 valence electrons. The van der Waals surface area contributed by atoms with Crippen molar-refractivity contribution in [3.8, 4) is 11.1 Å². The second-order valence-electron chi connectivity index (χ2n) is 9.05. The summed E-state index contributed by atoms with van der Waals surface area (Å²) in [6, 6.07) is 26.4. The van der Waals surface area contributed by atoms with Crippen molar-refractivity contribution in [2.75, 3.05) is 13.1 Å². The van der Waals surface area contributed by atoms with Crippen molar-refractivity contribution in [3.63, 3.8) is 0 Å². The van der Waals surface area contributed by atoms with Gasteiger partial charge in [0.15, 0.2) is 0 Å². The second kappa shape index (κ2) is 11.1. The maximum Gasteiger partial charge on any atom is 0.245 e. The highest BCUT2D eigenvalue weighted by Crippen LogP contribution is 2.25. The summed E-state index contributed by atoms with van der Waals surface area (Å²) in [6.07, 6.45) is 4.61. The van der Waals surface area contributed by atoms with E-state index in [1.807, 2.05) is 42.5 Å². The fraction of sp³-hybridized carbons (Fsp3) is 0.286. The molecule has 1 aliphatic heterocycles. The van der Waals surface area contributed by atoms with Crippen molar-refractivity contribution in [2.45, 2.75) is 38.4 Å². The van der Waals surface area contributed by atoms with E-state index in [0.29, 0.717) is 13.0 Å². The topological polar surface area (TPSA) is 75.9 Å². The molecule has 0 unspecified atom stereocenters. The molecule has 1 fully saturated rings. The lowest BCUT2D eigenvalue weighted by Crippen LogP contribution is -2.34. The molecule has 35 heavy (non-hydrogen) atoms. The first-order valence-corrected chi connectivity index (χ1v) is 12.2. The van der Waals surface area contributed by atoms with Crippen LogP contribution in [0.25, 0.3) is 11.1 Å². The maximum absolute atomic E-state index is 13.2. The standard InChI is InChI=1S/C28H30N6O/c35-28(27(34-21-30-31-32-34)18-22-8-2-1-3-9-22)29-19-25-10-4-5-11-26(25)24-14-12-23(13-15-24)20-33-16-6-7-17-33/h1-5,8-15,21,27H,6-7,16-20H2,(H,29,35)/t27-/m0/s1. The summed E-state index contributed by atoms with van der Waals surface area (Å²) in [5.74, 6) is -0.114. The molecule has 4 aromatic rings. The predicted molar refractivity (Wildman–Crippen MR) is 135 cm³/mol. The van der Waals surface area contributed by atoms with E-state index in [1.54, 1.807) is 0 Å². The molecular weight excluding hydrogens is 436 g/mol. The summed E-state index contributed by atoms with van der Waals surface area (Å²) in [7, 11) is 0. The van der Waals surface area contributed by atoms with Crippen molar-refractivity contribution in [2.24, 2.45) is 0 Å². The molecule has 7 heteroatoms. The molecule has 1 amide bonds. The average Bonchev–Trinajstić information content (AvgIpc) is 3.62. The van der Waals surface area contributed by atoms with Gasteiger partial charge in [-0.15, -0.1) is 5.10 Å². The molecule has 3 aromatic carbocycles. The maximum atomic E-state index is 13.2. The highest BCUT2D eigenvalue weighted by Gasteiger charge is 2.22. The number of likely N-dealkylation sites (tertiary alicyclic amines) is 1. The lowest BCUT2D eigenvalue weighted by Gasteiger charge is -2.18. The Kier molecular flexibility index (Phi) is 7.24. The molecule has 1 saturated heterocycles. The molecule has 0 aliphatic carbocycles. The van der Waals surface area contributed by atoms with Gasteiger partial charge in [0.05, 0.1) is 0 Å². The monoisotopic (exact) mass is 466 g/mol. The third-order valence-electron chi connectivity index (χ3n) is 6.60. The minimum Gasteiger partial charge on any atom is -0.350 e. The summed E-state index contributed by atoms with van der Waals surface area (Å²) in [4.78, 5) is 15.8. The molecule has 1 aromatic heterocycles. The van der Waals surface area contributed by atoms with Gasteiger partial charge in [0, 0.05) is 19.5 Å². The van der Waals surface area contributed by atoms with Crippen molar-refractivity contribution in [1.82, 2.24) is 30.4 Å². The van der Waals surface area contributed by atoms with E-state index in [0.717, 1.165) is 28.8 Å². The van der Waals surface area contributed by atoms with Crippen LogP contribution in [0.4, 0.5) is 0 Å². The van der Waals surface area contributed by atoms with Crippen LogP contribution in [0.3, 0.4) is 0 Å². The fourth-order valence-corrected chi connectivity index (χ4v) is 4.70. The number of hydrogen-bond acceptors (Lipinski definition) is 5. The lowest BCUT2D eigenvalue weighted by atomic mass is 9.98. The van der Waals surface area contributed by atoms with E-state index in [-0.39, 0.29) is 5.91 Å². The minimum absolute atomic E-state index is 0.114. The van der Waals surface area contributed by atoms with E-state index >= 15 is 0 Å². The van der Waals surface area contributed by atoms with Crippen LogP contribution < -0.4 is 5.32 Å². The first-order valence-electron chi connectivity index (χ1n) is 12.2.